The number of hydrogen-bond acceptors (Lipinski definition) is 12. The van der Waals surface area contributed by atoms with Crippen molar-refractivity contribution < 1.29 is 59.8 Å². The predicted octanol–water partition coefficient (Wildman–Crippen LogP) is -2.11. The number of ether oxygens (including phenoxy) is 4. The zero-order valence-corrected chi connectivity index (χ0v) is 17.2. The Morgan fingerprint density at radius 1 is 0.788 bits per heavy atom. The van der Waals surface area contributed by atoms with Crippen molar-refractivity contribution in [1.82, 2.24) is 0 Å². The lowest BCUT2D eigenvalue weighted by molar-refractivity contribution is -0.307. The Labute approximate surface area is 187 Å². The quantitative estimate of drug-likeness (QED) is 0.237. The molecular weight excluding hydrogens is 444 g/mol. The van der Waals surface area contributed by atoms with E-state index in [-0.39, 0.29) is 34.6 Å². The Balaban J connectivity index is 1.50. The fourth-order valence-electron chi connectivity index (χ4n) is 3.83. The van der Waals surface area contributed by atoms with E-state index in [0.29, 0.717) is 0 Å². The largest absolute Gasteiger partial charge is 0.507 e. The predicted molar refractivity (Wildman–Crippen MR) is 108 cm³/mol. The Kier molecular flexibility index (Phi) is 6.91. The van der Waals surface area contributed by atoms with Gasteiger partial charge >= 0.3 is 0 Å². The molecule has 0 amide bonds. The van der Waals surface area contributed by atoms with Crippen LogP contribution in [0.5, 0.6) is 17.2 Å². The second kappa shape index (κ2) is 9.54. The maximum Gasteiger partial charge on any atom is 0.229 e. The molecule has 0 aromatic heterocycles. The molecule has 2 saturated heterocycles. The minimum atomic E-state index is -1.70. The van der Waals surface area contributed by atoms with Gasteiger partial charge in [-0.15, -0.1) is 0 Å². The van der Waals surface area contributed by atoms with Crippen LogP contribution in [0, 0.1) is 0 Å². The van der Waals surface area contributed by atoms with Crippen LogP contribution in [0.25, 0.3) is 10.8 Å². The summed E-state index contributed by atoms with van der Waals surface area (Å²) in [5.41, 5.74) is 0. The third-order valence-corrected chi connectivity index (χ3v) is 5.75. The van der Waals surface area contributed by atoms with E-state index in [2.05, 4.69) is 0 Å². The minimum Gasteiger partial charge on any atom is -0.507 e. The molecule has 2 aromatic rings. The standard InChI is InChI=1S/C21H26O12/c22-9-4-5-12(14-8(9)2-1-3-10(14)23)32-21-19(29)17(27)16(26)13(33-21)7-31-20-18(28)15(25)11(24)6-30-20/h1-5,11,13,15-29H,6-7H2/t11-,13+,15-,16+,17-,18+,19+,20-,21+/m0/s1. The summed E-state index contributed by atoms with van der Waals surface area (Å²) in [5.74, 6) is -0.275. The molecule has 9 atom stereocenters. The monoisotopic (exact) mass is 470 g/mol. The first-order chi connectivity index (χ1) is 15.7. The van der Waals surface area contributed by atoms with Gasteiger partial charge in [-0.1, -0.05) is 12.1 Å². The summed E-state index contributed by atoms with van der Waals surface area (Å²) in [6.45, 7) is -0.724. The number of phenolic OH excluding ortho intramolecular Hbond substituents is 2. The third-order valence-electron chi connectivity index (χ3n) is 5.75. The number of aliphatic hydroxyl groups excluding tert-OH is 6. The number of fused-ring (bicyclic) bond motifs is 1. The Bertz CT molecular complexity index is 970. The highest BCUT2D eigenvalue weighted by molar-refractivity contribution is 5.97. The molecular formula is C21H26O12. The van der Waals surface area contributed by atoms with Crippen LogP contribution in [0.2, 0.25) is 0 Å². The van der Waals surface area contributed by atoms with Gasteiger partial charge in [0.15, 0.2) is 6.29 Å². The summed E-state index contributed by atoms with van der Waals surface area (Å²) in [4.78, 5) is 0. The molecule has 0 bridgehead atoms. The van der Waals surface area contributed by atoms with E-state index in [4.69, 9.17) is 18.9 Å². The summed E-state index contributed by atoms with van der Waals surface area (Å²) in [5, 5.41) is 80.9. The Morgan fingerprint density at radius 3 is 2.27 bits per heavy atom. The highest BCUT2D eigenvalue weighted by atomic mass is 16.7. The third kappa shape index (κ3) is 4.57. The van der Waals surface area contributed by atoms with Gasteiger partial charge in [0.25, 0.3) is 0 Å². The minimum absolute atomic E-state index is 0.0383. The maximum atomic E-state index is 10.4. The van der Waals surface area contributed by atoms with Gasteiger partial charge in [-0.25, -0.2) is 0 Å². The molecule has 12 heteroatoms. The number of aliphatic hydroxyl groups is 6. The van der Waals surface area contributed by atoms with E-state index < -0.39 is 61.9 Å². The van der Waals surface area contributed by atoms with E-state index in [9.17, 15) is 40.9 Å². The van der Waals surface area contributed by atoms with E-state index >= 15 is 0 Å². The molecule has 2 heterocycles. The van der Waals surface area contributed by atoms with Crippen LogP contribution in [-0.4, -0.2) is 109 Å². The molecule has 8 N–H and O–H groups in total. The average Bonchev–Trinajstić information content (AvgIpc) is 2.80. The van der Waals surface area contributed by atoms with E-state index in [0.717, 1.165) is 0 Å². The number of aromatic hydroxyl groups is 2. The van der Waals surface area contributed by atoms with Crippen molar-refractivity contribution in [3.05, 3.63) is 30.3 Å². The molecule has 182 valence electrons. The second-order valence-electron chi connectivity index (χ2n) is 8.00. The summed E-state index contributed by atoms with van der Waals surface area (Å²) >= 11 is 0. The summed E-state index contributed by atoms with van der Waals surface area (Å²) in [6, 6.07) is 7.11. The van der Waals surface area contributed by atoms with Gasteiger partial charge in [0.05, 0.1) is 18.6 Å². The van der Waals surface area contributed by atoms with Crippen LogP contribution >= 0.6 is 0 Å². The molecule has 2 fully saturated rings. The highest BCUT2D eigenvalue weighted by Crippen LogP contribution is 2.39. The Hall–Kier alpha value is -2.26. The topological polar surface area (TPSA) is 199 Å². The summed E-state index contributed by atoms with van der Waals surface area (Å²) in [7, 11) is 0. The highest BCUT2D eigenvalue weighted by Gasteiger charge is 2.46. The molecule has 0 aliphatic carbocycles. The smallest absolute Gasteiger partial charge is 0.229 e. The average molecular weight is 470 g/mol. The zero-order valence-electron chi connectivity index (χ0n) is 17.2. The van der Waals surface area contributed by atoms with Crippen molar-refractivity contribution in [2.75, 3.05) is 13.2 Å². The summed E-state index contributed by atoms with van der Waals surface area (Å²) in [6.07, 6.45) is -13.4. The van der Waals surface area contributed by atoms with Gasteiger partial charge in [-0.2, -0.15) is 0 Å². The van der Waals surface area contributed by atoms with Gasteiger partial charge in [-0.05, 0) is 18.2 Å². The number of phenols is 2. The molecule has 4 rings (SSSR count). The van der Waals surface area contributed by atoms with Crippen molar-refractivity contribution >= 4 is 10.8 Å². The number of benzene rings is 2. The van der Waals surface area contributed by atoms with Crippen molar-refractivity contribution in [2.24, 2.45) is 0 Å². The lowest BCUT2D eigenvalue weighted by Gasteiger charge is -2.41. The normalized spacial score (nSPS) is 37.2. The van der Waals surface area contributed by atoms with Gasteiger partial charge in [0, 0.05) is 5.39 Å². The molecule has 2 aliphatic heterocycles. The molecule has 0 radical (unpaired) electrons. The van der Waals surface area contributed by atoms with Crippen molar-refractivity contribution in [2.45, 2.75) is 55.3 Å². The van der Waals surface area contributed by atoms with Gasteiger partial charge < -0.3 is 59.8 Å². The van der Waals surface area contributed by atoms with E-state index in [1.165, 1.54) is 24.3 Å². The van der Waals surface area contributed by atoms with Crippen LogP contribution < -0.4 is 4.74 Å². The molecule has 12 nitrogen and oxygen atoms in total. The van der Waals surface area contributed by atoms with E-state index in [1.54, 1.807) is 6.07 Å². The lowest BCUT2D eigenvalue weighted by Crippen LogP contribution is -2.61. The lowest BCUT2D eigenvalue weighted by atomic mass is 9.99. The maximum absolute atomic E-state index is 10.4. The molecule has 2 aliphatic rings. The molecule has 33 heavy (non-hydrogen) atoms. The van der Waals surface area contributed by atoms with Crippen molar-refractivity contribution in [1.29, 1.82) is 0 Å². The molecule has 0 saturated carbocycles. The Morgan fingerprint density at radius 2 is 1.52 bits per heavy atom. The first-order valence-electron chi connectivity index (χ1n) is 10.3. The number of rotatable bonds is 5. The van der Waals surface area contributed by atoms with Gasteiger partial charge in [-0.3, -0.25) is 0 Å². The van der Waals surface area contributed by atoms with Crippen LogP contribution in [0.3, 0.4) is 0 Å². The SMILES string of the molecule is Oc1ccc(O[C@@H]2O[C@H](CO[C@@H]3OC[C@H](O)[C@H](O)[C@H]3O)[C@@H](O)[C@H](O)[C@H]2O)c2c(O)cccc12. The molecule has 0 spiro atoms. The van der Waals surface area contributed by atoms with Crippen molar-refractivity contribution in [3.63, 3.8) is 0 Å². The van der Waals surface area contributed by atoms with Gasteiger partial charge in [0.2, 0.25) is 6.29 Å². The molecule has 0 unspecified atom stereocenters. The fourth-order valence-corrected chi connectivity index (χ4v) is 3.83. The first kappa shape index (κ1) is 23.9. The van der Waals surface area contributed by atoms with E-state index in [1.807, 2.05) is 0 Å². The van der Waals surface area contributed by atoms with Crippen molar-refractivity contribution in [3.8, 4) is 17.2 Å². The van der Waals surface area contributed by atoms with Gasteiger partial charge in [0.1, 0.15) is 60.0 Å². The summed E-state index contributed by atoms with van der Waals surface area (Å²) < 4.78 is 21.8. The number of hydrogen-bond donors (Lipinski definition) is 8. The van der Waals surface area contributed by atoms with Crippen LogP contribution in [-0.2, 0) is 14.2 Å². The first-order valence-corrected chi connectivity index (χ1v) is 10.3. The van der Waals surface area contributed by atoms with Crippen LogP contribution in [0.1, 0.15) is 0 Å². The second-order valence-corrected chi connectivity index (χ2v) is 8.00. The zero-order chi connectivity index (χ0) is 23.9. The fraction of sp³-hybridized carbons (Fsp3) is 0.524. The van der Waals surface area contributed by atoms with Crippen LogP contribution in [0.4, 0.5) is 0 Å². The van der Waals surface area contributed by atoms with Crippen LogP contribution in [0.15, 0.2) is 30.3 Å². The molecule has 2 aromatic carbocycles.